The van der Waals surface area contributed by atoms with Gasteiger partial charge in [-0.05, 0) is 69.2 Å². The monoisotopic (exact) mass is 495 g/mol. The number of amides is 1. The summed E-state index contributed by atoms with van der Waals surface area (Å²) in [6.45, 7) is 8.38. The maximum atomic E-state index is 14.4. The van der Waals surface area contributed by atoms with Crippen LogP contribution in [0.4, 0.5) is 0 Å². The number of hydrogen-bond acceptors (Lipinski definition) is 2. The molecule has 1 fully saturated rings. The lowest BCUT2D eigenvalue weighted by atomic mass is 9.72. The summed E-state index contributed by atoms with van der Waals surface area (Å²) in [6, 6.07) is 20.7. The van der Waals surface area contributed by atoms with Gasteiger partial charge in [0.2, 0.25) is 0 Å². The Labute approximate surface area is 222 Å². The first-order chi connectivity index (χ1) is 18.0. The van der Waals surface area contributed by atoms with Gasteiger partial charge in [-0.1, -0.05) is 99.4 Å². The molecule has 1 amide bonds. The first kappa shape index (κ1) is 26.7. The maximum Gasteiger partial charge on any atom is 0.256 e. The number of hydrogen-bond donors (Lipinski definition) is 1. The van der Waals surface area contributed by atoms with E-state index in [9.17, 15) is 4.79 Å². The Kier molecular flexibility index (Phi) is 8.81. The SMILES string of the molecule is C/C=C\C(=C/C)c1nn(-c2ccccc2)c(CCC)c1C(=O)NC(C)(c1ccccc1)C1CCCCC1. The summed E-state index contributed by atoms with van der Waals surface area (Å²) in [5, 5.41) is 8.64. The largest absolute Gasteiger partial charge is 0.342 e. The Morgan fingerprint density at radius 2 is 1.68 bits per heavy atom. The van der Waals surface area contributed by atoms with Gasteiger partial charge in [-0.3, -0.25) is 4.79 Å². The summed E-state index contributed by atoms with van der Waals surface area (Å²) < 4.78 is 1.97. The molecule has 1 unspecified atom stereocenters. The molecule has 1 heterocycles. The smallest absolute Gasteiger partial charge is 0.256 e. The third kappa shape index (κ3) is 5.64. The Balaban J connectivity index is 1.87. The van der Waals surface area contributed by atoms with Crippen molar-refractivity contribution in [2.24, 2.45) is 5.92 Å². The van der Waals surface area contributed by atoms with Crippen LogP contribution in [0.1, 0.15) is 93.5 Å². The van der Waals surface area contributed by atoms with Crippen LogP contribution in [-0.2, 0) is 12.0 Å². The zero-order chi connectivity index (χ0) is 26.3. The molecular weight excluding hydrogens is 454 g/mol. The predicted molar refractivity (Wildman–Crippen MR) is 154 cm³/mol. The van der Waals surface area contributed by atoms with Gasteiger partial charge in [0.15, 0.2) is 0 Å². The minimum absolute atomic E-state index is 0.0404. The average Bonchev–Trinajstić information content (AvgIpc) is 3.32. The molecule has 2 aromatic carbocycles. The lowest BCUT2D eigenvalue weighted by molar-refractivity contribution is 0.0833. The van der Waals surface area contributed by atoms with Gasteiger partial charge in [0, 0.05) is 0 Å². The number of rotatable bonds is 9. The molecular formula is C33H41N3O. The minimum atomic E-state index is -0.453. The standard InChI is InChI=1S/C33H41N3O/c1-5-17-25(7-3)31-30(29(18-6-2)36(35-31)28-23-15-10-16-24-28)32(37)34-33(4,26-19-11-8-12-20-26)27-21-13-9-14-22-27/h5,7-8,10-12,15-17,19-20,23-24,27H,6,9,13-14,18,21-22H2,1-4H3,(H,34,37)/b17-5-,25-7+. The Morgan fingerprint density at radius 3 is 2.27 bits per heavy atom. The second-order valence-electron chi connectivity index (χ2n) is 10.3. The van der Waals surface area contributed by atoms with Crippen LogP contribution in [0.5, 0.6) is 0 Å². The van der Waals surface area contributed by atoms with Gasteiger partial charge in [0.05, 0.1) is 22.5 Å². The number of nitrogens with zero attached hydrogens (tertiary/aromatic N) is 2. The number of aromatic nitrogens is 2. The van der Waals surface area contributed by atoms with Gasteiger partial charge in [0.1, 0.15) is 5.69 Å². The van der Waals surface area contributed by atoms with E-state index in [2.05, 4.69) is 55.6 Å². The van der Waals surface area contributed by atoms with Crippen molar-refractivity contribution in [2.75, 3.05) is 0 Å². The number of nitrogens with one attached hydrogen (secondary N) is 1. The first-order valence-electron chi connectivity index (χ1n) is 13.9. The molecule has 1 N–H and O–H groups in total. The van der Waals surface area contributed by atoms with E-state index in [4.69, 9.17) is 5.10 Å². The van der Waals surface area contributed by atoms with Crippen LogP contribution in [-0.4, -0.2) is 15.7 Å². The molecule has 0 radical (unpaired) electrons. The molecule has 0 bridgehead atoms. The van der Waals surface area contributed by atoms with E-state index in [1.54, 1.807) is 0 Å². The Bertz CT molecular complexity index is 1230. The van der Waals surface area contributed by atoms with Gasteiger partial charge in [-0.2, -0.15) is 5.10 Å². The topological polar surface area (TPSA) is 46.9 Å². The lowest BCUT2D eigenvalue weighted by Crippen LogP contribution is -2.49. The third-order valence-corrected chi connectivity index (χ3v) is 7.79. The average molecular weight is 496 g/mol. The zero-order valence-corrected chi connectivity index (χ0v) is 22.8. The highest BCUT2D eigenvalue weighted by Gasteiger charge is 2.39. The highest BCUT2D eigenvalue weighted by atomic mass is 16.1. The predicted octanol–water partition coefficient (Wildman–Crippen LogP) is 8.03. The summed E-state index contributed by atoms with van der Waals surface area (Å²) in [7, 11) is 0. The van der Waals surface area contributed by atoms with Crippen molar-refractivity contribution in [2.45, 2.75) is 78.2 Å². The van der Waals surface area contributed by atoms with Crippen molar-refractivity contribution in [1.82, 2.24) is 15.1 Å². The summed E-state index contributed by atoms with van der Waals surface area (Å²) in [5.74, 6) is 0.355. The fourth-order valence-corrected chi connectivity index (χ4v) is 5.81. The second-order valence-corrected chi connectivity index (χ2v) is 10.3. The van der Waals surface area contributed by atoms with Gasteiger partial charge >= 0.3 is 0 Å². The number of carbonyl (C=O) groups is 1. The molecule has 4 rings (SSSR count). The molecule has 1 aromatic heterocycles. The normalized spacial score (nSPS) is 16.6. The van der Waals surface area contributed by atoms with Gasteiger partial charge in [-0.25, -0.2) is 4.68 Å². The highest BCUT2D eigenvalue weighted by molar-refractivity contribution is 6.01. The Morgan fingerprint density at radius 1 is 1.03 bits per heavy atom. The fraction of sp³-hybridized carbons (Fsp3) is 0.394. The van der Waals surface area contributed by atoms with Gasteiger partial charge in [-0.15, -0.1) is 0 Å². The van der Waals surface area contributed by atoms with Crippen molar-refractivity contribution < 1.29 is 4.79 Å². The van der Waals surface area contributed by atoms with Crippen LogP contribution in [0, 0.1) is 5.92 Å². The van der Waals surface area contributed by atoms with Crippen LogP contribution in [0.3, 0.4) is 0 Å². The van der Waals surface area contributed by atoms with E-state index in [0.29, 0.717) is 11.5 Å². The van der Waals surface area contributed by atoms with Crippen molar-refractivity contribution in [3.8, 4) is 5.69 Å². The molecule has 0 saturated heterocycles. The highest BCUT2D eigenvalue weighted by Crippen LogP contribution is 2.40. The van der Waals surface area contributed by atoms with Crippen molar-refractivity contribution in [3.63, 3.8) is 0 Å². The van der Waals surface area contributed by atoms with Crippen molar-refractivity contribution in [1.29, 1.82) is 0 Å². The van der Waals surface area contributed by atoms with E-state index in [-0.39, 0.29) is 5.91 Å². The molecule has 4 heteroatoms. The molecule has 1 aliphatic carbocycles. The van der Waals surface area contributed by atoms with E-state index in [0.717, 1.165) is 48.3 Å². The molecule has 0 aliphatic heterocycles. The summed E-state index contributed by atoms with van der Waals surface area (Å²) in [6.07, 6.45) is 13.7. The van der Waals surface area contributed by atoms with Crippen LogP contribution in [0.15, 0.2) is 78.9 Å². The first-order valence-corrected chi connectivity index (χ1v) is 13.9. The molecule has 3 aromatic rings. The van der Waals surface area contributed by atoms with Crippen molar-refractivity contribution in [3.05, 3.63) is 101 Å². The lowest BCUT2D eigenvalue weighted by Gasteiger charge is -2.41. The third-order valence-electron chi connectivity index (χ3n) is 7.79. The number of allylic oxidation sites excluding steroid dienone is 4. The second kappa shape index (κ2) is 12.2. The van der Waals surface area contributed by atoms with Crippen LogP contribution < -0.4 is 5.32 Å². The van der Waals surface area contributed by atoms with Crippen molar-refractivity contribution >= 4 is 11.5 Å². The molecule has 37 heavy (non-hydrogen) atoms. The molecule has 1 atom stereocenters. The quantitative estimate of drug-likeness (QED) is 0.305. The molecule has 1 saturated carbocycles. The van der Waals surface area contributed by atoms with Gasteiger partial charge < -0.3 is 5.32 Å². The van der Waals surface area contributed by atoms with E-state index >= 15 is 0 Å². The molecule has 0 spiro atoms. The maximum absolute atomic E-state index is 14.4. The number of para-hydroxylation sites is 1. The molecule has 1 aliphatic rings. The van der Waals surface area contributed by atoms with Crippen LogP contribution in [0.2, 0.25) is 0 Å². The van der Waals surface area contributed by atoms with E-state index in [1.165, 1.54) is 24.8 Å². The van der Waals surface area contributed by atoms with Crippen LogP contribution >= 0.6 is 0 Å². The molecule has 194 valence electrons. The van der Waals surface area contributed by atoms with Crippen LogP contribution in [0.25, 0.3) is 11.3 Å². The Hall–Kier alpha value is -3.40. The minimum Gasteiger partial charge on any atom is -0.342 e. The zero-order valence-electron chi connectivity index (χ0n) is 22.8. The van der Waals surface area contributed by atoms with Gasteiger partial charge in [0.25, 0.3) is 5.91 Å². The summed E-state index contributed by atoms with van der Waals surface area (Å²) in [5.41, 5.74) is 5.04. The fourth-order valence-electron chi connectivity index (χ4n) is 5.81. The number of carbonyl (C=O) groups excluding carboxylic acids is 1. The summed E-state index contributed by atoms with van der Waals surface area (Å²) in [4.78, 5) is 14.4. The summed E-state index contributed by atoms with van der Waals surface area (Å²) >= 11 is 0. The van der Waals surface area contributed by atoms with E-state index in [1.807, 2.05) is 61.0 Å². The number of benzene rings is 2. The van der Waals surface area contributed by atoms with E-state index < -0.39 is 5.54 Å². The molecule has 4 nitrogen and oxygen atoms in total.